The minimum absolute atomic E-state index is 0.695. The van der Waals surface area contributed by atoms with Gasteiger partial charge in [0.2, 0.25) is 0 Å². The van der Waals surface area contributed by atoms with Gasteiger partial charge in [0.15, 0.2) is 6.29 Å². The molecule has 17 heavy (non-hydrogen) atoms. The number of hydrogen-bond donors (Lipinski definition) is 1. The van der Waals surface area contributed by atoms with Crippen molar-refractivity contribution in [2.75, 3.05) is 5.73 Å². The maximum absolute atomic E-state index is 11.1. The molecule has 0 fully saturated rings. The Labute approximate surface area is 101 Å². The lowest BCUT2D eigenvalue weighted by Gasteiger charge is -2.12. The first-order valence-corrected chi connectivity index (χ1v) is 5.55. The molecule has 2 rings (SSSR count). The number of aryl methyl sites for hydroxylation is 1. The van der Waals surface area contributed by atoms with Crippen molar-refractivity contribution >= 4 is 12.0 Å². The third kappa shape index (κ3) is 2.07. The Morgan fingerprint density at radius 1 is 1.06 bits per heavy atom. The molecule has 2 nitrogen and oxygen atoms in total. The van der Waals surface area contributed by atoms with E-state index in [4.69, 9.17) is 5.73 Å². The lowest BCUT2D eigenvalue weighted by atomic mass is 9.93. The zero-order valence-electron chi connectivity index (χ0n) is 10.0. The number of benzene rings is 2. The first-order chi connectivity index (χ1) is 8.13. The molecule has 0 atom stereocenters. The van der Waals surface area contributed by atoms with Gasteiger partial charge in [-0.1, -0.05) is 24.3 Å². The molecule has 86 valence electrons. The fourth-order valence-electron chi connectivity index (χ4n) is 2.01. The van der Waals surface area contributed by atoms with Gasteiger partial charge in [0.25, 0.3) is 0 Å². The molecular weight excluding hydrogens is 210 g/mol. The van der Waals surface area contributed by atoms with Crippen LogP contribution in [0, 0.1) is 13.8 Å². The molecule has 0 amide bonds. The van der Waals surface area contributed by atoms with Gasteiger partial charge in [-0.2, -0.15) is 0 Å². The Balaban J connectivity index is 2.72. The van der Waals surface area contributed by atoms with Gasteiger partial charge in [-0.15, -0.1) is 0 Å². The lowest BCUT2D eigenvalue weighted by Crippen LogP contribution is -1.95. The third-order valence-electron chi connectivity index (χ3n) is 3.07. The average molecular weight is 225 g/mol. The molecule has 0 aromatic heterocycles. The minimum Gasteiger partial charge on any atom is -0.399 e. The molecule has 2 aromatic carbocycles. The predicted molar refractivity (Wildman–Crippen MR) is 71.2 cm³/mol. The van der Waals surface area contributed by atoms with Gasteiger partial charge in [-0.25, -0.2) is 0 Å². The average Bonchev–Trinajstić information content (AvgIpc) is 2.33. The number of anilines is 1. The normalized spacial score (nSPS) is 10.2. The monoisotopic (exact) mass is 225 g/mol. The topological polar surface area (TPSA) is 43.1 Å². The third-order valence-corrected chi connectivity index (χ3v) is 3.07. The highest BCUT2D eigenvalue weighted by molar-refractivity contribution is 5.89. The fourth-order valence-corrected chi connectivity index (χ4v) is 2.01. The van der Waals surface area contributed by atoms with Crippen LogP contribution in [0.1, 0.15) is 21.5 Å². The Bertz CT molecular complexity index is 573. The molecule has 0 aliphatic heterocycles. The van der Waals surface area contributed by atoms with E-state index in [-0.39, 0.29) is 0 Å². The Kier molecular flexibility index (Phi) is 2.96. The van der Waals surface area contributed by atoms with Gasteiger partial charge in [0, 0.05) is 11.3 Å². The second-order valence-electron chi connectivity index (χ2n) is 4.22. The van der Waals surface area contributed by atoms with Gasteiger partial charge in [-0.05, 0) is 48.2 Å². The molecular formula is C15H15NO. The second kappa shape index (κ2) is 4.42. The second-order valence-corrected chi connectivity index (χ2v) is 4.22. The summed E-state index contributed by atoms with van der Waals surface area (Å²) in [5.74, 6) is 0. The van der Waals surface area contributed by atoms with Gasteiger partial charge in [0.1, 0.15) is 0 Å². The van der Waals surface area contributed by atoms with Gasteiger partial charge < -0.3 is 5.73 Å². The fraction of sp³-hybridized carbons (Fsp3) is 0.133. The van der Waals surface area contributed by atoms with Crippen molar-refractivity contribution in [2.24, 2.45) is 0 Å². The quantitative estimate of drug-likeness (QED) is 0.629. The summed E-state index contributed by atoms with van der Waals surface area (Å²) in [5.41, 5.74) is 11.6. The van der Waals surface area contributed by atoms with E-state index in [1.54, 1.807) is 0 Å². The minimum atomic E-state index is 0.695. The van der Waals surface area contributed by atoms with E-state index in [1.807, 2.05) is 50.2 Å². The van der Waals surface area contributed by atoms with Crippen molar-refractivity contribution < 1.29 is 4.79 Å². The summed E-state index contributed by atoms with van der Waals surface area (Å²) in [7, 11) is 0. The van der Waals surface area contributed by atoms with Gasteiger partial charge >= 0.3 is 0 Å². The highest BCUT2D eigenvalue weighted by Crippen LogP contribution is 2.30. The van der Waals surface area contributed by atoms with Crippen LogP contribution in [-0.4, -0.2) is 6.29 Å². The van der Waals surface area contributed by atoms with E-state index in [0.717, 1.165) is 34.2 Å². The highest BCUT2D eigenvalue weighted by atomic mass is 16.1. The summed E-state index contributed by atoms with van der Waals surface area (Å²) in [6.07, 6.45) is 0.882. The Hall–Kier alpha value is -2.09. The number of carbonyl (C=O) groups excluding carboxylic acids is 1. The van der Waals surface area contributed by atoms with Crippen LogP contribution in [0.15, 0.2) is 36.4 Å². The number of hydrogen-bond acceptors (Lipinski definition) is 2. The molecule has 2 N–H and O–H groups in total. The first-order valence-electron chi connectivity index (χ1n) is 5.55. The van der Waals surface area contributed by atoms with E-state index in [9.17, 15) is 4.79 Å². The number of aldehydes is 1. The van der Waals surface area contributed by atoms with Crippen LogP contribution in [0.25, 0.3) is 11.1 Å². The summed E-state index contributed by atoms with van der Waals surface area (Å²) in [5, 5.41) is 0. The molecule has 0 saturated carbocycles. The van der Waals surface area contributed by atoms with Crippen molar-refractivity contribution in [1.29, 1.82) is 0 Å². The van der Waals surface area contributed by atoms with Crippen LogP contribution < -0.4 is 5.73 Å². The van der Waals surface area contributed by atoms with Crippen molar-refractivity contribution in [3.8, 4) is 11.1 Å². The van der Waals surface area contributed by atoms with Crippen LogP contribution in [0.4, 0.5) is 5.69 Å². The van der Waals surface area contributed by atoms with Crippen molar-refractivity contribution in [1.82, 2.24) is 0 Å². The summed E-state index contributed by atoms with van der Waals surface area (Å²) in [4.78, 5) is 11.1. The molecule has 2 aromatic rings. The van der Waals surface area contributed by atoms with Gasteiger partial charge in [0.05, 0.1) is 0 Å². The molecule has 0 bridgehead atoms. The summed E-state index contributed by atoms with van der Waals surface area (Å²) >= 11 is 0. The number of carbonyl (C=O) groups is 1. The van der Waals surface area contributed by atoms with E-state index in [1.165, 1.54) is 0 Å². The number of rotatable bonds is 2. The van der Waals surface area contributed by atoms with Crippen LogP contribution in [0.3, 0.4) is 0 Å². The van der Waals surface area contributed by atoms with E-state index < -0.39 is 0 Å². The zero-order valence-corrected chi connectivity index (χ0v) is 10.0. The maximum Gasteiger partial charge on any atom is 0.150 e. The van der Waals surface area contributed by atoms with E-state index in [2.05, 4.69) is 0 Å². The molecule has 0 saturated heterocycles. The smallest absolute Gasteiger partial charge is 0.150 e. The largest absolute Gasteiger partial charge is 0.399 e. The van der Waals surface area contributed by atoms with Crippen molar-refractivity contribution in [3.63, 3.8) is 0 Å². The van der Waals surface area contributed by atoms with Crippen LogP contribution in [-0.2, 0) is 0 Å². The lowest BCUT2D eigenvalue weighted by molar-refractivity contribution is 0.112. The maximum atomic E-state index is 11.1. The molecule has 0 spiro atoms. The summed E-state index contributed by atoms with van der Waals surface area (Å²) in [6, 6.07) is 11.4. The summed E-state index contributed by atoms with van der Waals surface area (Å²) in [6.45, 7) is 4.07. The first kappa shape index (κ1) is 11.4. The van der Waals surface area contributed by atoms with Gasteiger partial charge in [-0.3, -0.25) is 4.79 Å². The van der Waals surface area contributed by atoms with Crippen LogP contribution in [0.5, 0.6) is 0 Å². The highest BCUT2D eigenvalue weighted by Gasteiger charge is 2.09. The molecule has 0 aliphatic carbocycles. The number of nitrogens with two attached hydrogens (primary N) is 1. The van der Waals surface area contributed by atoms with Crippen LogP contribution in [0.2, 0.25) is 0 Å². The summed E-state index contributed by atoms with van der Waals surface area (Å²) < 4.78 is 0. The SMILES string of the molecule is Cc1cc(N)cc(-c2ccccc2C=O)c1C. The molecule has 2 heteroatoms. The molecule has 0 heterocycles. The number of nitrogen functional groups attached to an aromatic ring is 1. The van der Waals surface area contributed by atoms with Crippen molar-refractivity contribution in [2.45, 2.75) is 13.8 Å². The molecule has 0 unspecified atom stereocenters. The Morgan fingerprint density at radius 3 is 2.47 bits per heavy atom. The van der Waals surface area contributed by atoms with Crippen molar-refractivity contribution in [3.05, 3.63) is 53.1 Å². The van der Waals surface area contributed by atoms with E-state index >= 15 is 0 Å². The zero-order chi connectivity index (χ0) is 12.4. The van der Waals surface area contributed by atoms with Crippen LogP contribution >= 0.6 is 0 Å². The standard InChI is InChI=1S/C15H15NO/c1-10-7-13(16)8-15(11(10)2)14-6-4-3-5-12(14)9-17/h3-9H,16H2,1-2H3. The Morgan fingerprint density at radius 2 is 1.76 bits per heavy atom. The predicted octanol–water partition coefficient (Wildman–Crippen LogP) is 3.37. The molecule has 0 aliphatic rings. The molecule has 0 radical (unpaired) electrons. The van der Waals surface area contributed by atoms with E-state index in [0.29, 0.717) is 5.56 Å².